The van der Waals surface area contributed by atoms with Crippen molar-refractivity contribution in [3.05, 3.63) is 0 Å². The van der Waals surface area contributed by atoms with Crippen molar-refractivity contribution in [2.24, 2.45) is 0 Å². The molecule has 0 aliphatic heterocycles. The maximum absolute atomic E-state index is 11.3. The summed E-state index contributed by atoms with van der Waals surface area (Å²) < 4.78 is 8.89. The lowest BCUT2D eigenvalue weighted by Crippen LogP contribution is -2.29. The molecule has 0 aromatic heterocycles. The van der Waals surface area contributed by atoms with Crippen molar-refractivity contribution < 1.29 is 38.9 Å². The number of rotatable bonds is 7. The second-order valence-electron chi connectivity index (χ2n) is 3.87. The maximum atomic E-state index is 11.3. The lowest BCUT2D eigenvalue weighted by molar-refractivity contribution is -0.174. The second-order valence-corrected chi connectivity index (χ2v) is 3.87. The molecule has 0 aromatic carbocycles. The van der Waals surface area contributed by atoms with Crippen molar-refractivity contribution >= 4 is 23.9 Å². The Morgan fingerprint density at radius 2 is 1.63 bits per heavy atom. The molecule has 0 aromatic rings. The van der Waals surface area contributed by atoms with E-state index in [0.717, 1.165) is 0 Å². The highest BCUT2D eigenvalue weighted by molar-refractivity contribution is 5.89. The Labute approximate surface area is 109 Å². The van der Waals surface area contributed by atoms with Crippen LogP contribution in [0.3, 0.4) is 0 Å². The van der Waals surface area contributed by atoms with Gasteiger partial charge in [-0.2, -0.15) is 0 Å². The van der Waals surface area contributed by atoms with E-state index in [-0.39, 0.29) is 6.42 Å². The van der Waals surface area contributed by atoms with Gasteiger partial charge < -0.3 is 19.7 Å². The highest BCUT2D eigenvalue weighted by atomic mass is 16.6. The van der Waals surface area contributed by atoms with Crippen LogP contribution >= 0.6 is 0 Å². The molecule has 0 aliphatic rings. The zero-order valence-corrected chi connectivity index (χ0v) is 10.6. The Morgan fingerprint density at radius 3 is 2.11 bits per heavy atom. The minimum absolute atomic E-state index is 0.287. The monoisotopic (exact) mass is 276 g/mol. The number of carboxylic acids is 1. The Bertz CT molecular complexity index is 360. The average Bonchev–Trinajstić information content (AvgIpc) is 2.24. The summed E-state index contributed by atoms with van der Waals surface area (Å²) in [6, 6.07) is 0. The van der Waals surface area contributed by atoms with Crippen molar-refractivity contribution in [2.75, 3.05) is 0 Å². The smallest absolute Gasteiger partial charge is 0.354 e. The fourth-order valence-corrected chi connectivity index (χ4v) is 0.990. The highest BCUT2D eigenvalue weighted by Crippen LogP contribution is 2.02. The molecule has 0 amide bonds. The molecule has 0 saturated carbocycles. The highest BCUT2D eigenvalue weighted by Gasteiger charge is 2.22. The fraction of sp³-hybridized carbons (Fsp3) is 0.636. The number of carboxylic acid groups (broad SMARTS) is 1. The molecule has 8 heteroatoms. The van der Waals surface area contributed by atoms with E-state index in [2.05, 4.69) is 9.47 Å². The minimum atomic E-state index is -1.31. The van der Waals surface area contributed by atoms with Gasteiger partial charge in [0, 0.05) is 0 Å². The number of esters is 3. The number of aliphatic carboxylic acids is 1. The van der Waals surface area contributed by atoms with Gasteiger partial charge in [-0.15, -0.1) is 0 Å². The predicted molar refractivity (Wildman–Crippen MR) is 59.8 cm³/mol. The SMILES string of the molecule is CC(O)CC(=O)OC(C)C(=O)OC(=O)CCC(=O)O. The van der Waals surface area contributed by atoms with Gasteiger partial charge in [0.05, 0.1) is 25.4 Å². The summed E-state index contributed by atoms with van der Waals surface area (Å²) >= 11 is 0. The predicted octanol–water partition coefficient (Wildman–Crippen LogP) is -0.376. The standard InChI is InChI=1S/C11H16O8/c1-6(12)5-10(16)18-7(2)11(17)19-9(15)4-3-8(13)14/h6-7,12H,3-5H2,1-2H3,(H,13,14). The molecular weight excluding hydrogens is 260 g/mol. The summed E-state index contributed by atoms with van der Waals surface area (Å²) in [7, 11) is 0. The largest absolute Gasteiger partial charge is 0.481 e. The summed E-state index contributed by atoms with van der Waals surface area (Å²) in [6.45, 7) is 2.58. The van der Waals surface area contributed by atoms with Crippen LogP contribution in [0.25, 0.3) is 0 Å². The summed E-state index contributed by atoms with van der Waals surface area (Å²) in [6.07, 6.45) is -3.41. The molecule has 0 heterocycles. The number of hydrogen-bond donors (Lipinski definition) is 2. The van der Waals surface area contributed by atoms with E-state index in [1.54, 1.807) is 0 Å². The maximum Gasteiger partial charge on any atom is 0.354 e. The van der Waals surface area contributed by atoms with Crippen LogP contribution in [0.2, 0.25) is 0 Å². The molecule has 0 bridgehead atoms. The first kappa shape index (κ1) is 17.0. The quantitative estimate of drug-likeness (QED) is 0.476. The number of aliphatic hydroxyl groups excluding tert-OH is 1. The lowest BCUT2D eigenvalue weighted by Gasteiger charge is -2.12. The topological polar surface area (TPSA) is 127 Å². The van der Waals surface area contributed by atoms with E-state index in [1.165, 1.54) is 13.8 Å². The van der Waals surface area contributed by atoms with Gasteiger partial charge in [-0.25, -0.2) is 4.79 Å². The number of carbonyl (C=O) groups is 4. The first-order chi connectivity index (χ1) is 8.72. The van der Waals surface area contributed by atoms with Gasteiger partial charge >= 0.3 is 23.9 Å². The van der Waals surface area contributed by atoms with Crippen LogP contribution in [-0.4, -0.2) is 46.3 Å². The van der Waals surface area contributed by atoms with Gasteiger partial charge in [-0.05, 0) is 13.8 Å². The lowest BCUT2D eigenvalue weighted by atomic mass is 10.3. The molecule has 8 nitrogen and oxygen atoms in total. The van der Waals surface area contributed by atoms with Gasteiger partial charge in [-0.3, -0.25) is 14.4 Å². The fourth-order valence-electron chi connectivity index (χ4n) is 0.990. The van der Waals surface area contributed by atoms with Gasteiger partial charge in [0.1, 0.15) is 0 Å². The summed E-state index contributed by atoms with van der Waals surface area (Å²) in [5.74, 6) is -4.10. The van der Waals surface area contributed by atoms with Crippen LogP contribution in [0.5, 0.6) is 0 Å². The molecule has 0 spiro atoms. The van der Waals surface area contributed by atoms with Crippen molar-refractivity contribution in [1.82, 2.24) is 0 Å². The number of carbonyl (C=O) groups excluding carboxylic acids is 3. The zero-order chi connectivity index (χ0) is 15.0. The van der Waals surface area contributed by atoms with Gasteiger partial charge in [0.2, 0.25) is 0 Å². The zero-order valence-electron chi connectivity index (χ0n) is 10.6. The minimum Gasteiger partial charge on any atom is -0.481 e. The average molecular weight is 276 g/mol. The molecule has 0 saturated heterocycles. The van der Waals surface area contributed by atoms with Crippen LogP contribution < -0.4 is 0 Å². The number of ether oxygens (including phenoxy) is 2. The first-order valence-corrected chi connectivity index (χ1v) is 5.56. The Morgan fingerprint density at radius 1 is 1.05 bits per heavy atom. The van der Waals surface area contributed by atoms with Gasteiger partial charge in [0.15, 0.2) is 6.10 Å². The molecule has 2 N–H and O–H groups in total. The van der Waals surface area contributed by atoms with Crippen molar-refractivity contribution in [3.8, 4) is 0 Å². The summed E-state index contributed by atoms with van der Waals surface area (Å²) in [4.78, 5) is 43.6. The molecule has 2 unspecified atom stereocenters. The third-order valence-electron chi connectivity index (χ3n) is 1.86. The third-order valence-corrected chi connectivity index (χ3v) is 1.86. The van der Waals surface area contributed by atoms with E-state index in [1.807, 2.05) is 0 Å². The normalized spacial score (nSPS) is 13.2. The van der Waals surface area contributed by atoms with Gasteiger partial charge in [-0.1, -0.05) is 0 Å². The van der Waals surface area contributed by atoms with E-state index in [0.29, 0.717) is 0 Å². The van der Waals surface area contributed by atoms with Crippen LogP contribution in [0.1, 0.15) is 33.1 Å². The molecule has 0 fully saturated rings. The van der Waals surface area contributed by atoms with E-state index in [9.17, 15) is 19.2 Å². The van der Waals surface area contributed by atoms with Crippen molar-refractivity contribution in [2.45, 2.75) is 45.3 Å². The summed E-state index contributed by atoms with van der Waals surface area (Å²) in [5.41, 5.74) is 0. The molecular formula is C11H16O8. The van der Waals surface area contributed by atoms with Crippen molar-refractivity contribution in [3.63, 3.8) is 0 Å². The Hall–Kier alpha value is -1.96. The number of aliphatic hydroxyl groups is 1. The second kappa shape index (κ2) is 8.20. The molecule has 19 heavy (non-hydrogen) atoms. The summed E-state index contributed by atoms with van der Waals surface area (Å²) in [5, 5.41) is 17.2. The molecule has 108 valence electrons. The van der Waals surface area contributed by atoms with E-state index in [4.69, 9.17) is 10.2 Å². The Balaban J connectivity index is 4.09. The number of hydrogen-bond acceptors (Lipinski definition) is 7. The first-order valence-electron chi connectivity index (χ1n) is 5.56. The van der Waals surface area contributed by atoms with Crippen molar-refractivity contribution in [1.29, 1.82) is 0 Å². The van der Waals surface area contributed by atoms with Crippen LogP contribution in [-0.2, 0) is 28.7 Å². The van der Waals surface area contributed by atoms with Crippen LogP contribution in [0.15, 0.2) is 0 Å². The van der Waals surface area contributed by atoms with E-state index >= 15 is 0 Å². The van der Waals surface area contributed by atoms with Crippen LogP contribution in [0, 0.1) is 0 Å². The third kappa shape index (κ3) is 8.72. The molecule has 0 rings (SSSR count). The molecule has 0 radical (unpaired) electrons. The van der Waals surface area contributed by atoms with Crippen LogP contribution in [0.4, 0.5) is 0 Å². The van der Waals surface area contributed by atoms with Gasteiger partial charge in [0.25, 0.3) is 0 Å². The Kier molecular flexibility index (Phi) is 7.35. The molecule has 2 atom stereocenters. The van der Waals surface area contributed by atoms with E-state index < -0.39 is 48.9 Å². The molecule has 0 aliphatic carbocycles.